The van der Waals surface area contributed by atoms with Crippen molar-refractivity contribution in [3.05, 3.63) is 0 Å². The summed E-state index contributed by atoms with van der Waals surface area (Å²) in [5.41, 5.74) is -0.684. The van der Waals surface area contributed by atoms with Gasteiger partial charge < -0.3 is 5.11 Å². The van der Waals surface area contributed by atoms with Gasteiger partial charge in [-0.1, -0.05) is 0 Å². The van der Waals surface area contributed by atoms with Crippen molar-refractivity contribution in [1.82, 2.24) is 0 Å². The lowest BCUT2D eigenvalue weighted by atomic mass is 9.87. The second-order valence-electron chi connectivity index (χ2n) is 3.20. The van der Waals surface area contributed by atoms with Crippen LogP contribution in [0, 0.1) is 16.7 Å². The van der Waals surface area contributed by atoms with Gasteiger partial charge in [0.15, 0.2) is 0 Å². The highest BCUT2D eigenvalue weighted by molar-refractivity contribution is 5.73. The molecule has 0 heterocycles. The van der Waals surface area contributed by atoms with Gasteiger partial charge in [-0.05, 0) is 26.7 Å². The maximum atomic E-state index is 10.5. The lowest BCUT2D eigenvalue weighted by Crippen LogP contribution is -2.23. The Labute approximate surface area is 66.6 Å². The topological polar surface area (TPSA) is 61.1 Å². The molecule has 0 saturated carbocycles. The van der Waals surface area contributed by atoms with E-state index in [9.17, 15) is 4.79 Å². The van der Waals surface area contributed by atoms with Crippen molar-refractivity contribution in [2.75, 3.05) is 0 Å². The monoisotopic (exact) mass is 155 g/mol. The minimum atomic E-state index is -0.796. The van der Waals surface area contributed by atoms with E-state index in [2.05, 4.69) is 0 Å². The second kappa shape index (κ2) is 3.97. The molecule has 0 spiro atoms. The van der Waals surface area contributed by atoms with Crippen LogP contribution in [-0.4, -0.2) is 11.1 Å². The van der Waals surface area contributed by atoms with E-state index in [1.165, 1.54) is 0 Å². The zero-order valence-corrected chi connectivity index (χ0v) is 6.92. The molecule has 3 heteroatoms. The molecule has 3 nitrogen and oxygen atoms in total. The number of unbranched alkanes of at least 4 members (excludes halogenated alkanes) is 1. The van der Waals surface area contributed by atoms with Gasteiger partial charge in [0, 0.05) is 6.42 Å². The molecular weight excluding hydrogens is 142 g/mol. The fourth-order valence-corrected chi connectivity index (χ4v) is 0.716. The summed E-state index contributed by atoms with van der Waals surface area (Å²) in [7, 11) is 0. The molecule has 11 heavy (non-hydrogen) atoms. The van der Waals surface area contributed by atoms with Crippen LogP contribution in [0.1, 0.15) is 33.1 Å². The van der Waals surface area contributed by atoms with Gasteiger partial charge in [-0.2, -0.15) is 5.26 Å². The highest BCUT2D eigenvalue weighted by Gasteiger charge is 2.25. The van der Waals surface area contributed by atoms with Crippen molar-refractivity contribution in [2.45, 2.75) is 33.1 Å². The molecule has 0 radical (unpaired) electrons. The van der Waals surface area contributed by atoms with E-state index < -0.39 is 11.4 Å². The number of carbonyl (C=O) groups is 1. The maximum Gasteiger partial charge on any atom is 0.309 e. The fourth-order valence-electron chi connectivity index (χ4n) is 0.716. The number of rotatable bonds is 4. The quantitative estimate of drug-likeness (QED) is 0.629. The molecule has 0 unspecified atom stereocenters. The Hall–Kier alpha value is -1.04. The van der Waals surface area contributed by atoms with Crippen LogP contribution in [0.3, 0.4) is 0 Å². The first-order valence-electron chi connectivity index (χ1n) is 3.61. The maximum absolute atomic E-state index is 10.5. The van der Waals surface area contributed by atoms with Crippen LogP contribution in [0.2, 0.25) is 0 Å². The Morgan fingerprint density at radius 3 is 2.55 bits per heavy atom. The summed E-state index contributed by atoms with van der Waals surface area (Å²) in [6, 6.07) is 1.99. The SMILES string of the molecule is CC(C)(CCCC#N)C(=O)O. The largest absolute Gasteiger partial charge is 0.481 e. The van der Waals surface area contributed by atoms with Gasteiger partial charge in [-0.15, -0.1) is 0 Å². The van der Waals surface area contributed by atoms with Gasteiger partial charge in [-0.25, -0.2) is 0 Å². The molecule has 0 saturated heterocycles. The number of carboxylic acid groups (broad SMARTS) is 1. The van der Waals surface area contributed by atoms with Crippen LogP contribution in [-0.2, 0) is 4.79 Å². The van der Waals surface area contributed by atoms with Crippen molar-refractivity contribution >= 4 is 5.97 Å². The molecule has 0 aliphatic rings. The molecule has 0 aromatic heterocycles. The van der Waals surface area contributed by atoms with Crippen LogP contribution in [0.4, 0.5) is 0 Å². The normalized spacial score (nSPS) is 10.6. The van der Waals surface area contributed by atoms with Crippen molar-refractivity contribution in [2.24, 2.45) is 5.41 Å². The number of nitriles is 1. The van der Waals surface area contributed by atoms with Gasteiger partial charge in [0.05, 0.1) is 11.5 Å². The van der Waals surface area contributed by atoms with Gasteiger partial charge >= 0.3 is 5.97 Å². The Balaban J connectivity index is 3.75. The van der Waals surface area contributed by atoms with Crippen molar-refractivity contribution < 1.29 is 9.90 Å². The van der Waals surface area contributed by atoms with E-state index in [1.807, 2.05) is 6.07 Å². The summed E-state index contributed by atoms with van der Waals surface area (Å²) in [5, 5.41) is 16.9. The van der Waals surface area contributed by atoms with Gasteiger partial charge in [-0.3, -0.25) is 4.79 Å². The molecule has 0 aliphatic carbocycles. The number of hydrogen-bond donors (Lipinski definition) is 1. The Morgan fingerprint density at radius 1 is 1.64 bits per heavy atom. The summed E-state index contributed by atoms with van der Waals surface area (Å²) in [4.78, 5) is 10.5. The van der Waals surface area contributed by atoms with E-state index in [0.717, 1.165) is 0 Å². The second-order valence-corrected chi connectivity index (χ2v) is 3.20. The zero-order valence-electron chi connectivity index (χ0n) is 6.92. The van der Waals surface area contributed by atoms with E-state index in [-0.39, 0.29) is 0 Å². The minimum Gasteiger partial charge on any atom is -0.481 e. The summed E-state index contributed by atoms with van der Waals surface area (Å²) in [6.45, 7) is 3.35. The van der Waals surface area contributed by atoms with E-state index in [4.69, 9.17) is 10.4 Å². The summed E-state index contributed by atoms with van der Waals surface area (Å²) >= 11 is 0. The highest BCUT2D eigenvalue weighted by Crippen LogP contribution is 2.22. The van der Waals surface area contributed by atoms with Crippen molar-refractivity contribution in [3.8, 4) is 6.07 Å². The highest BCUT2D eigenvalue weighted by atomic mass is 16.4. The fraction of sp³-hybridized carbons (Fsp3) is 0.750. The summed E-state index contributed by atoms with van der Waals surface area (Å²) < 4.78 is 0. The third-order valence-corrected chi connectivity index (χ3v) is 1.67. The first-order valence-corrected chi connectivity index (χ1v) is 3.61. The molecule has 62 valence electrons. The van der Waals surface area contributed by atoms with E-state index in [0.29, 0.717) is 19.3 Å². The van der Waals surface area contributed by atoms with Crippen LogP contribution >= 0.6 is 0 Å². The Bertz CT molecular complexity index is 179. The van der Waals surface area contributed by atoms with E-state index in [1.54, 1.807) is 13.8 Å². The molecule has 0 fully saturated rings. The number of carboxylic acids is 1. The average Bonchev–Trinajstić information content (AvgIpc) is 1.88. The smallest absolute Gasteiger partial charge is 0.309 e. The van der Waals surface area contributed by atoms with Gasteiger partial charge in [0.1, 0.15) is 0 Å². The number of hydrogen-bond acceptors (Lipinski definition) is 2. The average molecular weight is 155 g/mol. The van der Waals surface area contributed by atoms with Gasteiger partial charge in [0.2, 0.25) is 0 Å². The molecule has 0 atom stereocenters. The van der Waals surface area contributed by atoms with Crippen LogP contribution in [0.5, 0.6) is 0 Å². The number of aliphatic carboxylic acids is 1. The van der Waals surface area contributed by atoms with Crippen LogP contribution in [0.15, 0.2) is 0 Å². The van der Waals surface area contributed by atoms with Crippen molar-refractivity contribution in [1.29, 1.82) is 5.26 Å². The minimum absolute atomic E-state index is 0.441. The predicted molar refractivity (Wildman–Crippen MR) is 40.9 cm³/mol. The molecule has 0 aromatic carbocycles. The molecular formula is C8H13NO2. The Morgan fingerprint density at radius 2 is 2.18 bits per heavy atom. The van der Waals surface area contributed by atoms with E-state index >= 15 is 0 Å². The third-order valence-electron chi connectivity index (χ3n) is 1.67. The molecule has 0 aromatic rings. The molecule has 0 aliphatic heterocycles. The lowest BCUT2D eigenvalue weighted by molar-refractivity contribution is -0.147. The Kier molecular flexibility index (Phi) is 3.59. The first-order chi connectivity index (χ1) is 5.00. The van der Waals surface area contributed by atoms with Gasteiger partial charge in [0.25, 0.3) is 0 Å². The van der Waals surface area contributed by atoms with Crippen molar-refractivity contribution in [3.63, 3.8) is 0 Å². The number of nitrogens with zero attached hydrogens (tertiary/aromatic N) is 1. The summed E-state index contributed by atoms with van der Waals surface area (Å²) in [6.07, 6.45) is 1.67. The molecule has 0 amide bonds. The first kappa shape index (κ1) is 9.96. The zero-order chi connectivity index (χ0) is 8.91. The molecule has 0 bridgehead atoms. The van der Waals surface area contributed by atoms with Crippen LogP contribution < -0.4 is 0 Å². The molecule has 0 rings (SSSR count). The van der Waals surface area contributed by atoms with Crippen LogP contribution in [0.25, 0.3) is 0 Å². The third kappa shape index (κ3) is 3.61. The predicted octanol–water partition coefficient (Wildman–Crippen LogP) is 1.79. The lowest BCUT2D eigenvalue weighted by Gasteiger charge is -2.17. The standard InChI is InChI=1S/C8H13NO2/c1-8(2,7(10)11)5-3-4-6-9/h3-5H2,1-2H3,(H,10,11). The molecule has 1 N–H and O–H groups in total. The summed E-state index contributed by atoms with van der Waals surface area (Å²) in [5.74, 6) is -0.796.